The van der Waals surface area contributed by atoms with Crippen LogP contribution in [0.4, 0.5) is 0 Å². The van der Waals surface area contributed by atoms with Gasteiger partial charge in [0.2, 0.25) is 0 Å². The quantitative estimate of drug-likeness (QED) is 0.653. The molecule has 1 aliphatic rings. The molecule has 1 aromatic heterocycles. The zero-order valence-electron chi connectivity index (χ0n) is 12.2. The number of rotatable bonds is 2. The van der Waals surface area contributed by atoms with Crippen LogP contribution in [-0.2, 0) is 0 Å². The molecule has 1 aromatic carbocycles. The molecule has 2 aromatic rings. The molecule has 1 fully saturated rings. The molecule has 1 saturated carbocycles. The molecule has 3 rings (SSSR count). The summed E-state index contributed by atoms with van der Waals surface area (Å²) in [4.78, 5) is 12.6. The van der Waals surface area contributed by atoms with Crippen molar-refractivity contribution in [3.63, 3.8) is 0 Å². The van der Waals surface area contributed by atoms with Crippen molar-refractivity contribution in [1.29, 1.82) is 0 Å². The number of thiocarbonyl (C=S) groups is 1. The Morgan fingerprint density at radius 2 is 2.00 bits per heavy atom. The fourth-order valence-corrected chi connectivity index (χ4v) is 4.12. The van der Waals surface area contributed by atoms with Crippen LogP contribution in [0.15, 0.2) is 29.6 Å². The maximum atomic E-state index is 12.6. The molecule has 116 valence electrons. The number of hydrogen-bond donors (Lipinski definition) is 2. The second-order valence-corrected chi connectivity index (χ2v) is 6.92. The van der Waals surface area contributed by atoms with E-state index >= 15 is 0 Å². The second kappa shape index (κ2) is 6.62. The number of nitrogens with one attached hydrogen (secondary N) is 1. The SMILES string of the molecule is NC(=S)N(NC(=O)c1csc2ccccc12)C1CCCCC1. The summed E-state index contributed by atoms with van der Waals surface area (Å²) in [6.45, 7) is 0. The topological polar surface area (TPSA) is 58.4 Å². The molecule has 0 bridgehead atoms. The number of carbonyl (C=O) groups is 1. The molecule has 0 atom stereocenters. The summed E-state index contributed by atoms with van der Waals surface area (Å²) in [5, 5.41) is 4.78. The third-order valence-electron chi connectivity index (χ3n) is 4.12. The van der Waals surface area contributed by atoms with Crippen molar-refractivity contribution in [2.24, 2.45) is 5.73 Å². The molecule has 0 aliphatic heterocycles. The summed E-state index contributed by atoms with van der Waals surface area (Å²) in [6, 6.07) is 8.11. The van der Waals surface area contributed by atoms with Crippen molar-refractivity contribution in [3.8, 4) is 0 Å². The van der Waals surface area contributed by atoms with E-state index in [-0.39, 0.29) is 17.1 Å². The zero-order chi connectivity index (χ0) is 15.5. The number of amides is 1. The van der Waals surface area contributed by atoms with E-state index in [1.165, 1.54) is 6.42 Å². The Morgan fingerprint density at radius 1 is 1.27 bits per heavy atom. The molecule has 1 aliphatic carbocycles. The minimum atomic E-state index is -0.143. The summed E-state index contributed by atoms with van der Waals surface area (Å²) >= 11 is 6.70. The van der Waals surface area contributed by atoms with Gasteiger partial charge in [0.1, 0.15) is 0 Å². The van der Waals surface area contributed by atoms with Gasteiger partial charge in [0, 0.05) is 15.5 Å². The number of fused-ring (bicyclic) bond motifs is 1. The molecule has 0 unspecified atom stereocenters. The molecule has 0 radical (unpaired) electrons. The van der Waals surface area contributed by atoms with E-state index < -0.39 is 0 Å². The van der Waals surface area contributed by atoms with Gasteiger partial charge in [0.25, 0.3) is 5.91 Å². The van der Waals surface area contributed by atoms with Gasteiger partial charge in [-0.25, -0.2) is 0 Å². The van der Waals surface area contributed by atoms with E-state index in [0.717, 1.165) is 35.8 Å². The van der Waals surface area contributed by atoms with E-state index in [1.807, 2.05) is 29.6 Å². The van der Waals surface area contributed by atoms with Crippen molar-refractivity contribution in [2.75, 3.05) is 0 Å². The van der Waals surface area contributed by atoms with Crippen LogP contribution in [0.1, 0.15) is 42.5 Å². The molecule has 3 N–H and O–H groups in total. The van der Waals surface area contributed by atoms with Gasteiger partial charge in [0.15, 0.2) is 5.11 Å². The lowest BCUT2D eigenvalue weighted by atomic mass is 9.95. The minimum absolute atomic E-state index is 0.143. The first-order valence-electron chi connectivity index (χ1n) is 7.52. The summed E-state index contributed by atoms with van der Waals surface area (Å²) in [6.07, 6.45) is 5.58. The highest BCUT2D eigenvalue weighted by Crippen LogP contribution is 2.26. The van der Waals surface area contributed by atoms with Gasteiger partial charge in [-0.3, -0.25) is 15.2 Å². The summed E-state index contributed by atoms with van der Waals surface area (Å²) < 4.78 is 1.10. The van der Waals surface area contributed by atoms with Gasteiger partial charge >= 0.3 is 0 Å². The average Bonchev–Trinajstić information content (AvgIpc) is 2.97. The lowest BCUT2D eigenvalue weighted by Crippen LogP contribution is -2.54. The van der Waals surface area contributed by atoms with E-state index in [0.29, 0.717) is 5.56 Å². The van der Waals surface area contributed by atoms with Crippen molar-refractivity contribution in [1.82, 2.24) is 10.4 Å². The normalized spacial score (nSPS) is 15.6. The van der Waals surface area contributed by atoms with Gasteiger partial charge in [-0.1, -0.05) is 37.5 Å². The molecule has 22 heavy (non-hydrogen) atoms. The summed E-state index contributed by atoms with van der Waals surface area (Å²) in [5.74, 6) is -0.143. The van der Waals surface area contributed by atoms with Crippen LogP contribution in [0.5, 0.6) is 0 Å². The van der Waals surface area contributed by atoms with Crippen LogP contribution in [0, 0.1) is 0 Å². The third-order valence-corrected chi connectivity index (χ3v) is 5.29. The molecule has 0 saturated heterocycles. The number of carbonyl (C=O) groups excluding carboxylic acids is 1. The van der Waals surface area contributed by atoms with Crippen LogP contribution in [0.25, 0.3) is 10.1 Å². The van der Waals surface area contributed by atoms with Gasteiger partial charge < -0.3 is 5.73 Å². The number of hydrogen-bond acceptors (Lipinski definition) is 3. The maximum Gasteiger partial charge on any atom is 0.271 e. The number of benzene rings is 1. The number of nitrogens with zero attached hydrogens (tertiary/aromatic N) is 1. The third kappa shape index (κ3) is 3.08. The Hall–Kier alpha value is -1.66. The lowest BCUT2D eigenvalue weighted by Gasteiger charge is -2.34. The zero-order valence-corrected chi connectivity index (χ0v) is 13.9. The molecule has 6 heteroatoms. The van der Waals surface area contributed by atoms with Crippen molar-refractivity contribution in [3.05, 3.63) is 35.2 Å². The largest absolute Gasteiger partial charge is 0.375 e. The van der Waals surface area contributed by atoms with Gasteiger partial charge in [-0.05, 0) is 31.1 Å². The minimum Gasteiger partial charge on any atom is -0.375 e. The Bertz CT molecular complexity index is 692. The monoisotopic (exact) mass is 333 g/mol. The molecule has 1 amide bonds. The Balaban J connectivity index is 1.80. The van der Waals surface area contributed by atoms with Crippen LogP contribution in [-0.4, -0.2) is 22.1 Å². The Morgan fingerprint density at radius 3 is 2.73 bits per heavy atom. The van der Waals surface area contributed by atoms with Crippen molar-refractivity contribution in [2.45, 2.75) is 38.1 Å². The standard InChI is InChI=1S/C16H19N3OS2/c17-16(21)19(11-6-2-1-3-7-11)18-15(20)13-10-22-14-9-5-4-8-12(13)14/h4-5,8-11H,1-3,6-7H2,(H2,17,21)(H,18,20). The molecule has 0 spiro atoms. The van der Waals surface area contributed by atoms with Gasteiger partial charge in [-0.2, -0.15) is 0 Å². The Labute approximate surface area is 139 Å². The predicted molar refractivity (Wildman–Crippen MR) is 94.8 cm³/mol. The first-order valence-corrected chi connectivity index (χ1v) is 8.81. The smallest absolute Gasteiger partial charge is 0.271 e. The van der Waals surface area contributed by atoms with Crippen LogP contribution < -0.4 is 11.2 Å². The van der Waals surface area contributed by atoms with E-state index in [9.17, 15) is 4.79 Å². The molecular weight excluding hydrogens is 314 g/mol. The summed E-state index contributed by atoms with van der Waals surface area (Å²) in [7, 11) is 0. The number of thiophene rings is 1. The van der Waals surface area contributed by atoms with E-state index in [4.69, 9.17) is 18.0 Å². The number of hydrazine groups is 1. The Kier molecular flexibility index (Phi) is 4.59. The highest BCUT2D eigenvalue weighted by atomic mass is 32.1. The van der Waals surface area contributed by atoms with Crippen LogP contribution >= 0.6 is 23.6 Å². The molecule has 1 heterocycles. The number of nitrogens with two attached hydrogens (primary N) is 1. The lowest BCUT2D eigenvalue weighted by molar-refractivity contribution is 0.0811. The first-order chi connectivity index (χ1) is 10.7. The first kappa shape index (κ1) is 15.2. The van der Waals surface area contributed by atoms with Gasteiger partial charge in [0.05, 0.1) is 11.6 Å². The van der Waals surface area contributed by atoms with Gasteiger partial charge in [-0.15, -0.1) is 11.3 Å². The van der Waals surface area contributed by atoms with Crippen molar-refractivity contribution >= 4 is 44.7 Å². The van der Waals surface area contributed by atoms with Crippen LogP contribution in [0.3, 0.4) is 0 Å². The van der Waals surface area contributed by atoms with E-state index in [1.54, 1.807) is 16.3 Å². The highest BCUT2D eigenvalue weighted by molar-refractivity contribution is 7.80. The maximum absolute atomic E-state index is 12.6. The fourth-order valence-electron chi connectivity index (χ4n) is 2.99. The molecular formula is C16H19N3OS2. The molecule has 4 nitrogen and oxygen atoms in total. The van der Waals surface area contributed by atoms with Crippen molar-refractivity contribution < 1.29 is 4.79 Å². The average molecular weight is 333 g/mol. The van der Waals surface area contributed by atoms with Crippen LogP contribution in [0.2, 0.25) is 0 Å². The fraction of sp³-hybridized carbons (Fsp3) is 0.375. The highest BCUT2D eigenvalue weighted by Gasteiger charge is 2.25. The second-order valence-electron chi connectivity index (χ2n) is 5.59. The summed E-state index contributed by atoms with van der Waals surface area (Å²) in [5.41, 5.74) is 9.42. The van der Waals surface area contributed by atoms with E-state index in [2.05, 4.69) is 5.43 Å². The predicted octanol–water partition coefficient (Wildman–Crippen LogP) is 3.42.